The zero-order valence-electron chi connectivity index (χ0n) is 9.45. The van der Waals surface area contributed by atoms with Crippen molar-refractivity contribution in [3.8, 4) is 0 Å². The van der Waals surface area contributed by atoms with Gasteiger partial charge in [-0.05, 0) is 47.9 Å². The van der Waals surface area contributed by atoms with E-state index in [2.05, 4.69) is 5.32 Å². The molecule has 0 saturated carbocycles. The van der Waals surface area contributed by atoms with Crippen LogP contribution in [0.5, 0.6) is 0 Å². The molecule has 3 nitrogen and oxygen atoms in total. The number of carbonyl (C=O) groups is 1. The average molecular weight is 268 g/mol. The minimum absolute atomic E-state index is 0.166. The van der Waals surface area contributed by atoms with Gasteiger partial charge in [-0.25, -0.2) is 4.39 Å². The quantitative estimate of drug-likeness (QED) is 0.925. The van der Waals surface area contributed by atoms with Crippen molar-refractivity contribution >= 4 is 17.5 Å². The van der Waals surface area contributed by atoms with Crippen LogP contribution in [0.1, 0.15) is 16.1 Å². The molecule has 1 aromatic heterocycles. The summed E-state index contributed by atoms with van der Waals surface area (Å²) < 4.78 is 17.9. The fourth-order valence-electron chi connectivity index (χ4n) is 1.54. The highest BCUT2D eigenvalue weighted by molar-refractivity contribution is 6.29. The topological polar surface area (TPSA) is 42.2 Å². The van der Waals surface area contributed by atoms with E-state index in [0.29, 0.717) is 13.0 Å². The van der Waals surface area contributed by atoms with Gasteiger partial charge in [-0.15, -0.1) is 0 Å². The van der Waals surface area contributed by atoms with E-state index in [4.69, 9.17) is 16.0 Å². The predicted octanol–water partition coefficient (Wildman–Crippen LogP) is 3.04. The Morgan fingerprint density at radius 3 is 2.83 bits per heavy atom. The molecule has 0 radical (unpaired) electrons. The summed E-state index contributed by atoms with van der Waals surface area (Å²) in [6.45, 7) is 0.403. The van der Waals surface area contributed by atoms with Gasteiger partial charge in [-0.1, -0.05) is 12.1 Å². The summed E-state index contributed by atoms with van der Waals surface area (Å²) in [6, 6.07) is 9.27. The van der Waals surface area contributed by atoms with E-state index < -0.39 is 0 Å². The Balaban J connectivity index is 1.84. The van der Waals surface area contributed by atoms with Crippen LogP contribution < -0.4 is 5.32 Å². The molecule has 0 fully saturated rings. The Labute approximate surface area is 109 Å². The van der Waals surface area contributed by atoms with E-state index in [9.17, 15) is 9.18 Å². The number of furan rings is 1. The maximum atomic E-state index is 12.9. The number of amides is 1. The summed E-state index contributed by atoms with van der Waals surface area (Å²) >= 11 is 5.56. The molecule has 94 valence electrons. The highest BCUT2D eigenvalue weighted by Gasteiger charge is 2.09. The standard InChI is InChI=1S/C13H11ClFNO2/c14-12-5-4-11(18-12)13(17)16-7-6-9-2-1-3-10(15)8-9/h1-5,8H,6-7H2,(H,16,17). The molecule has 0 atom stereocenters. The highest BCUT2D eigenvalue weighted by atomic mass is 35.5. The first kappa shape index (κ1) is 12.6. The van der Waals surface area contributed by atoms with E-state index in [0.717, 1.165) is 5.56 Å². The number of nitrogens with one attached hydrogen (secondary N) is 1. The van der Waals surface area contributed by atoms with Crippen LogP contribution in [-0.2, 0) is 6.42 Å². The van der Waals surface area contributed by atoms with Gasteiger partial charge in [0.05, 0.1) is 0 Å². The van der Waals surface area contributed by atoms with E-state index in [1.54, 1.807) is 12.1 Å². The van der Waals surface area contributed by atoms with Crippen molar-refractivity contribution in [2.45, 2.75) is 6.42 Å². The monoisotopic (exact) mass is 267 g/mol. The van der Waals surface area contributed by atoms with Gasteiger partial charge in [0.25, 0.3) is 5.91 Å². The SMILES string of the molecule is O=C(NCCc1cccc(F)c1)c1ccc(Cl)o1. The number of rotatable bonds is 4. The molecule has 1 N–H and O–H groups in total. The van der Waals surface area contributed by atoms with E-state index in [-0.39, 0.29) is 22.7 Å². The normalized spacial score (nSPS) is 10.3. The fourth-order valence-corrected chi connectivity index (χ4v) is 1.68. The van der Waals surface area contributed by atoms with Gasteiger partial charge < -0.3 is 9.73 Å². The Morgan fingerprint density at radius 1 is 1.33 bits per heavy atom. The average Bonchev–Trinajstić information content (AvgIpc) is 2.76. The zero-order valence-corrected chi connectivity index (χ0v) is 10.2. The van der Waals surface area contributed by atoms with Crippen molar-refractivity contribution in [3.05, 3.63) is 58.8 Å². The van der Waals surface area contributed by atoms with Crippen LogP contribution in [0.2, 0.25) is 5.22 Å². The molecule has 0 aliphatic rings. The van der Waals surface area contributed by atoms with Gasteiger partial charge in [0.15, 0.2) is 11.0 Å². The number of hydrogen-bond donors (Lipinski definition) is 1. The molecule has 2 aromatic rings. The number of hydrogen-bond acceptors (Lipinski definition) is 2. The van der Waals surface area contributed by atoms with Gasteiger partial charge in [0.2, 0.25) is 0 Å². The van der Waals surface area contributed by atoms with Gasteiger partial charge in [0, 0.05) is 6.54 Å². The zero-order chi connectivity index (χ0) is 13.0. The molecule has 18 heavy (non-hydrogen) atoms. The highest BCUT2D eigenvalue weighted by Crippen LogP contribution is 2.12. The van der Waals surface area contributed by atoms with Crippen molar-refractivity contribution in [2.24, 2.45) is 0 Å². The maximum Gasteiger partial charge on any atom is 0.287 e. The summed E-state index contributed by atoms with van der Waals surface area (Å²) in [4.78, 5) is 11.6. The first-order chi connectivity index (χ1) is 8.65. The third kappa shape index (κ3) is 3.34. The molecule has 5 heteroatoms. The van der Waals surface area contributed by atoms with Crippen molar-refractivity contribution < 1.29 is 13.6 Å². The Morgan fingerprint density at radius 2 is 2.17 bits per heavy atom. The van der Waals surface area contributed by atoms with Crippen LogP contribution in [-0.4, -0.2) is 12.5 Å². The molecule has 0 aliphatic carbocycles. The molecule has 1 aromatic carbocycles. The lowest BCUT2D eigenvalue weighted by molar-refractivity contribution is 0.0926. The molecular weight excluding hydrogens is 257 g/mol. The van der Waals surface area contributed by atoms with E-state index in [1.807, 2.05) is 0 Å². The molecule has 0 spiro atoms. The van der Waals surface area contributed by atoms with Gasteiger partial charge in [-0.2, -0.15) is 0 Å². The third-order valence-corrected chi connectivity index (χ3v) is 2.59. The van der Waals surface area contributed by atoms with Crippen LogP contribution in [0.15, 0.2) is 40.8 Å². The van der Waals surface area contributed by atoms with Crippen molar-refractivity contribution in [1.82, 2.24) is 5.32 Å². The van der Waals surface area contributed by atoms with Crippen molar-refractivity contribution in [2.75, 3.05) is 6.54 Å². The van der Waals surface area contributed by atoms with Gasteiger partial charge >= 0.3 is 0 Å². The van der Waals surface area contributed by atoms with E-state index >= 15 is 0 Å². The smallest absolute Gasteiger partial charge is 0.287 e. The Hall–Kier alpha value is -1.81. The predicted molar refractivity (Wildman–Crippen MR) is 66.2 cm³/mol. The van der Waals surface area contributed by atoms with Crippen LogP contribution in [0, 0.1) is 5.82 Å². The largest absolute Gasteiger partial charge is 0.440 e. The Bertz CT molecular complexity index is 553. The van der Waals surface area contributed by atoms with Crippen molar-refractivity contribution in [1.29, 1.82) is 0 Å². The molecule has 1 amide bonds. The number of carbonyl (C=O) groups excluding carboxylic acids is 1. The molecule has 0 unspecified atom stereocenters. The molecule has 1 heterocycles. The molecule has 0 bridgehead atoms. The van der Waals surface area contributed by atoms with Crippen molar-refractivity contribution in [3.63, 3.8) is 0 Å². The summed E-state index contributed by atoms with van der Waals surface area (Å²) in [5.41, 5.74) is 0.827. The van der Waals surface area contributed by atoms with Gasteiger partial charge in [0.1, 0.15) is 5.82 Å². The van der Waals surface area contributed by atoms with Crippen LogP contribution in [0.4, 0.5) is 4.39 Å². The maximum absolute atomic E-state index is 12.9. The second-order valence-corrected chi connectivity index (χ2v) is 4.11. The minimum Gasteiger partial charge on any atom is -0.440 e. The van der Waals surface area contributed by atoms with Crippen LogP contribution >= 0.6 is 11.6 Å². The molecule has 0 aliphatic heterocycles. The lowest BCUT2D eigenvalue weighted by Crippen LogP contribution is -2.25. The minimum atomic E-state index is -0.335. The lowest BCUT2D eigenvalue weighted by Gasteiger charge is -2.03. The number of halogens is 2. The lowest BCUT2D eigenvalue weighted by atomic mass is 10.1. The second kappa shape index (κ2) is 5.69. The van der Waals surface area contributed by atoms with Crippen LogP contribution in [0.25, 0.3) is 0 Å². The summed E-state index contributed by atoms with van der Waals surface area (Å²) in [5.74, 6) is -0.450. The Kier molecular flexibility index (Phi) is 3.99. The second-order valence-electron chi connectivity index (χ2n) is 3.74. The van der Waals surface area contributed by atoms with Crippen LogP contribution in [0.3, 0.4) is 0 Å². The third-order valence-electron chi connectivity index (χ3n) is 2.39. The molecular formula is C13H11ClFNO2. The summed E-state index contributed by atoms with van der Waals surface area (Å²) in [7, 11) is 0. The van der Waals surface area contributed by atoms with E-state index in [1.165, 1.54) is 24.3 Å². The molecule has 2 rings (SSSR count). The number of benzene rings is 1. The fraction of sp³-hybridized carbons (Fsp3) is 0.154. The summed E-state index contributed by atoms with van der Waals surface area (Å²) in [6.07, 6.45) is 0.554. The molecule has 0 saturated heterocycles. The first-order valence-electron chi connectivity index (χ1n) is 5.43. The first-order valence-corrected chi connectivity index (χ1v) is 5.81. The van der Waals surface area contributed by atoms with Gasteiger partial charge in [-0.3, -0.25) is 4.79 Å². The summed E-state index contributed by atoms with van der Waals surface area (Å²) in [5, 5.41) is 2.84.